The average molecular weight is 414 g/mol. The van der Waals surface area contributed by atoms with Gasteiger partial charge >= 0.3 is 0 Å². The molecule has 1 N–H and O–H groups in total. The summed E-state index contributed by atoms with van der Waals surface area (Å²) in [6.07, 6.45) is 0.871. The first-order valence-electron chi connectivity index (χ1n) is 9.11. The van der Waals surface area contributed by atoms with Crippen LogP contribution in [-0.4, -0.2) is 49.1 Å². The van der Waals surface area contributed by atoms with E-state index in [0.29, 0.717) is 5.69 Å². The minimum Gasteiger partial charge on any atom is -0.324 e. The second kappa shape index (κ2) is 7.79. The van der Waals surface area contributed by atoms with E-state index < -0.39 is 33.6 Å². The lowest BCUT2D eigenvalue weighted by Gasteiger charge is -2.25. The van der Waals surface area contributed by atoms with Gasteiger partial charge in [0, 0.05) is 11.9 Å². The molecule has 2 aromatic rings. The van der Waals surface area contributed by atoms with Crippen molar-refractivity contribution >= 4 is 33.2 Å². The Bertz CT molecular complexity index is 1070. The van der Waals surface area contributed by atoms with Crippen molar-refractivity contribution in [1.82, 2.24) is 4.90 Å². The van der Waals surface area contributed by atoms with Crippen LogP contribution in [0.4, 0.5) is 5.69 Å². The number of rotatable bonds is 6. The van der Waals surface area contributed by atoms with Crippen LogP contribution in [0.2, 0.25) is 0 Å². The highest BCUT2D eigenvalue weighted by atomic mass is 32.2. The van der Waals surface area contributed by atoms with Crippen molar-refractivity contribution in [2.75, 3.05) is 17.3 Å². The van der Waals surface area contributed by atoms with E-state index in [-0.39, 0.29) is 23.3 Å². The molecule has 0 aliphatic carbocycles. The first kappa shape index (κ1) is 20.7. The van der Waals surface area contributed by atoms with E-state index in [1.807, 2.05) is 26.0 Å². The molecule has 1 aliphatic rings. The lowest BCUT2D eigenvalue weighted by atomic mass is 10.1. The monoisotopic (exact) mass is 414 g/mol. The molecule has 0 unspecified atom stereocenters. The molecular formula is C21H22N2O5S. The Morgan fingerprint density at radius 3 is 2.14 bits per heavy atom. The fraction of sp³-hybridized carbons (Fsp3) is 0.286. The standard InChI is InChI=1S/C21H22N2O5S/c1-13-8-9-17(14(2)12-13)22-19(24)18(10-11-29(3,27)28)23-20(25)15-6-4-5-7-16(15)21(23)26/h4-9,12,18H,10-11H2,1-3H3,(H,22,24)/t18-/m1/s1. The lowest BCUT2D eigenvalue weighted by molar-refractivity contribution is -0.120. The third kappa shape index (κ3) is 4.37. The van der Waals surface area contributed by atoms with Gasteiger partial charge in [-0.3, -0.25) is 19.3 Å². The number of sulfone groups is 1. The Morgan fingerprint density at radius 2 is 1.62 bits per heavy atom. The van der Waals surface area contributed by atoms with Gasteiger partial charge < -0.3 is 5.32 Å². The van der Waals surface area contributed by atoms with Gasteiger partial charge in [-0.15, -0.1) is 0 Å². The second-order valence-corrected chi connectivity index (χ2v) is 9.53. The van der Waals surface area contributed by atoms with E-state index in [0.717, 1.165) is 22.3 Å². The quantitative estimate of drug-likeness (QED) is 0.731. The lowest BCUT2D eigenvalue weighted by Crippen LogP contribution is -2.48. The largest absolute Gasteiger partial charge is 0.324 e. The predicted octanol–water partition coefficient (Wildman–Crippen LogP) is 2.34. The van der Waals surface area contributed by atoms with Gasteiger partial charge in [-0.2, -0.15) is 0 Å². The molecule has 0 fully saturated rings. The zero-order valence-corrected chi connectivity index (χ0v) is 17.2. The zero-order chi connectivity index (χ0) is 21.3. The van der Waals surface area contributed by atoms with Crippen LogP contribution in [0.5, 0.6) is 0 Å². The number of aryl methyl sites for hydroxylation is 2. The number of amides is 3. The summed E-state index contributed by atoms with van der Waals surface area (Å²) in [4.78, 5) is 39.5. The molecule has 1 aliphatic heterocycles. The van der Waals surface area contributed by atoms with Gasteiger partial charge in [0.1, 0.15) is 15.9 Å². The van der Waals surface area contributed by atoms with Crippen LogP contribution in [0.3, 0.4) is 0 Å². The van der Waals surface area contributed by atoms with E-state index in [2.05, 4.69) is 5.32 Å². The number of carbonyl (C=O) groups is 3. The van der Waals surface area contributed by atoms with Gasteiger partial charge in [-0.1, -0.05) is 29.8 Å². The van der Waals surface area contributed by atoms with Crippen LogP contribution in [0, 0.1) is 13.8 Å². The SMILES string of the molecule is Cc1ccc(NC(=O)[C@@H](CCS(C)(=O)=O)N2C(=O)c3ccccc3C2=O)c(C)c1. The van der Waals surface area contributed by atoms with Crippen molar-refractivity contribution in [2.24, 2.45) is 0 Å². The molecule has 8 heteroatoms. The average Bonchev–Trinajstić information content (AvgIpc) is 2.89. The third-order valence-corrected chi connectivity index (χ3v) is 5.82. The van der Waals surface area contributed by atoms with Crippen LogP contribution >= 0.6 is 0 Å². The molecule has 0 bridgehead atoms. The van der Waals surface area contributed by atoms with Crippen molar-refractivity contribution in [3.63, 3.8) is 0 Å². The number of anilines is 1. The van der Waals surface area contributed by atoms with Gasteiger partial charge in [0.25, 0.3) is 11.8 Å². The fourth-order valence-corrected chi connectivity index (χ4v) is 4.02. The molecule has 1 atom stereocenters. The van der Waals surface area contributed by atoms with E-state index in [4.69, 9.17) is 0 Å². The Hall–Kier alpha value is -3.00. The number of benzene rings is 2. The summed E-state index contributed by atoms with van der Waals surface area (Å²) >= 11 is 0. The predicted molar refractivity (Wildman–Crippen MR) is 110 cm³/mol. The molecule has 7 nitrogen and oxygen atoms in total. The van der Waals surface area contributed by atoms with Crippen LogP contribution in [0.25, 0.3) is 0 Å². The first-order valence-corrected chi connectivity index (χ1v) is 11.2. The number of fused-ring (bicyclic) bond motifs is 1. The smallest absolute Gasteiger partial charge is 0.262 e. The number of hydrogen-bond donors (Lipinski definition) is 1. The van der Waals surface area contributed by atoms with Gasteiger partial charge in [0.15, 0.2) is 0 Å². The van der Waals surface area contributed by atoms with Crippen LogP contribution in [0.15, 0.2) is 42.5 Å². The number of imide groups is 1. The van der Waals surface area contributed by atoms with Crippen molar-refractivity contribution in [3.05, 3.63) is 64.7 Å². The summed E-state index contributed by atoms with van der Waals surface area (Å²) in [7, 11) is -3.40. The van der Waals surface area contributed by atoms with E-state index in [1.165, 1.54) is 12.1 Å². The molecule has 0 saturated heterocycles. The molecule has 29 heavy (non-hydrogen) atoms. The molecule has 1 heterocycles. The Morgan fingerprint density at radius 1 is 1.03 bits per heavy atom. The van der Waals surface area contributed by atoms with Crippen LogP contribution < -0.4 is 5.32 Å². The fourth-order valence-electron chi connectivity index (χ4n) is 3.36. The maximum absolute atomic E-state index is 13.0. The maximum Gasteiger partial charge on any atom is 0.262 e. The number of nitrogens with one attached hydrogen (secondary N) is 1. The molecule has 3 rings (SSSR count). The topological polar surface area (TPSA) is 101 Å². The number of carbonyl (C=O) groups excluding carboxylic acids is 3. The van der Waals surface area contributed by atoms with Gasteiger partial charge in [0.05, 0.1) is 16.9 Å². The van der Waals surface area contributed by atoms with Crippen molar-refractivity contribution < 1.29 is 22.8 Å². The molecule has 3 amide bonds. The van der Waals surface area contributed by atoms with E-state index in [9.17, 15) is 22.8 Å². The highest BCUT2D eigenvalue weighted by molar-refractivity contribution is 7.90. The molecule has 152 valence electrons. The highest BCUT2D eigenvalue weighted by Gasteiger charge is 2.42. The Kier molecular flexibility index (Phi) is 5.57. The highest BCUT2D eigenvalue weighted by Crippen LogP contribution is 2.27. The summed E-state index contributed by atoms with van der Waals surface area (Å²) < 4.78 is 23.4. The Balaban J connectivity index is 1.93. The summed E-state index contributed by atoms with van der Waals surface area (Å²) in [6, 6.07) is 10.5. The molecule has 0 spiro atoms. The second-order valence-electron chi connectivity index (χ2n) is 7.27. The Labute approximate surface area is 169 Å². The number of nitrogens with zero attached hydrogens (tertiary/aromatic N) is 1. The number of hydrogen-bond acceptors (Lipinski definition) is 5. The van der Waals surface area contributed by atoms with Gasteiger partial charge in [-0.05, 0) is 44.0 Å². The molecule has 2 aromatic carbocycles. The normalized spacial score (nSPS) is 14.7. The first-order chi connectivity index (χ1) is 13.6. The molecule has 0 aromatic heterocycles. The summed E-state index contributed by atoms with van der Waals surface area (Å²) in [5.41, 5.74) is 2.81. The van der Waals surface area contributed by atoms with Gasteiger partial charge in [-0.25, -0.2) is 8.42 Å². The minimum atomic E-state index is -3.40. The summed E-state index contributed by atoms with van der Waals surface area (Å²) in [5.74, 6) is -2.12. The molecule has 0 saturated carbocycles. The van der Waals surface area contributed by atoms with Gasteiger partial charge in [0.2, 0.25) is 5.91 Å². The molecule has 0 radical (unpaired) electrons. The zero-order valence-electron chi connectivity index (χ0n) is 16.4. The van der Waals surface area contributed by atoms with Crippen molar-refractivity contribution in [3.8, 4) is 0 Å². The van der Waals surface area contributed by atoms with Crippen LogP contribution in [-0.2, 0) is 14.6 Å². The summed E-state index contributed by atoms with van der Waals surface area (Å²) in [6.45, 7) is 3.75. The van der Waals surface area contributed by atoms with Crippen molar-refractivity contribution in [2.45, 2.75) is 26.3 Å². The van der Waals surface area contributed by atoms with Crippen LogP contribution in [0.1, 0.15) is 38.3 Å². The third-order valence-electron chi connectivity index (χ3n) is 4.84. The maximum atomic E-state index is 13.0. The summed E-state index contributed by atoms with van der Waals surface area (Å²) in [5, 5.41) is 2.74. The van der Waals surface area contributed by atoms with E-state index in [1.54, 1.807) is 18.2 Å². The van der Waals surface area contributed by atoms with Crippen molar-refractivity contribution in [1.29, 1.82) is 0 Å². The molecular weight excluding hydrogens is 392 g/mol. The minimum absolute atomic E-state index is 0.180. The van der Waals surface area contributed by atoms with E-state index >= 15 is 0 Å².